The third-order valence-corrected chi connectivity index (χ3v) is 8.30. The second kappa shape index (κ2) is 11.8. The number of halogens is 2. The van der Waals surface area contributed by atoms with Gasteiger partial charge in [-0.25, -0.2) is 8.42 Å². The molecule has 11 heteroatoms. The smallest absolute Gasteiger partial charge is 0.264 e. The van der Waals surface area contributed by atoms with E-state index < -0.39 is 15.9 Å². The van der Waals surface area contributed by atoms with Crippen LogP contribution in [-0.4, -0.2) is 26.0 Å². The minimum Gasteiger partial charge on any atom is -0.483 e. The molecule has 38 heavy (non-hydrogen) atoms. The summed E-state index contributed by atoms with van der Waals surface area (Å²) in [5, 5.41) is 7.46. The van der Waals surface area contributed by atoms with Crippen molar-refractivity contribution >= 4 is 87.3 Å². The first-order chi connectivity index (χ1) is 18.0. The summed E-state index contributed by atoms with van der Waals surface area (Å²) in [6, 6.07) is 21.1. The lowest BCUT2D eigenvalue weighted by Gasteiger charge is -2.13. The van der Waals surface area contributed by atoms with Crippen molar-refractivity contribution in [1.82, 2.24) is 5.32 Å². The van der Waals surface area contributed by atoms with Crippen LogP contribution in [-0.2, 0) is 14.8 Å². The molecule has 0 saturated carbocycles. The summed E-state index contributed by atoms with van der Waals surface area (Å²) in [6.07, 6.45) is 0. The molecule has 0 aliphatic carbocycles. The van der Waals surface area contributed by atoms with E-state index in [1.807, 2.05) is 44.2 Å². The Labute approximate surface area is 243 Å². The van der Waals surface area contributed by atoms with Crippen LogP contribution in [0.15, 0.2) is 86.6 Å². The van der Waals surface area contributed by atoms with E-state index in [2.05, 4.69) is 47.2 Å². The number of aryl methyl sites for hydroxylation is 2. The van der Waals surface area contributed by atoms with Gasteiger partial charge in [0.05, 0.1) is 9.37 Å². The second-order valence-corrected chi connectivity index (χ2v) is 12.3. The summed E-state index contributed by atoms with van der Waals surface area (Å²) in [5.41, 5.74) is 2.94. The highest BCUT2D eigenvalue weighted by atomic mass is 79.9. The van der Waals surface area contributed by atoms with Gasteiger partial charge in [-0.3, -0.25) is 14.8 Å². The van der Waals surface area contributed by atoms with Gasteiger partial charge in [-0.1, -0.05) is 34.1 Å². The summed E-state index contributed by atoms with van der Waals surface area (Å²) in [7, 11) is -3.77. The maximum absolute atomic E-state index is 12.8. The molecular formula is C27H23Br2N3O4S2. The Kier molecular flexibility index (Phi) is 8.71. The van der Waals surface area contributed by atoms with Crippen LogP contribution in [0.1, 0.15) is 11.1 Å². The Hall–Kier alpha value is -2.99. The molecule has 0 spiro atoms. The molecule has 7 nitrogen and oxygen atoms in total. The zero-order valence-corrected chi connectivity index (χ0v) is 25.1. The Bertz CT molecular complexity index is 1620. The third kappa shape index (κ3) is 7.10. The van der Waals surface area contributed by atoms with Gasteiger partial charge in [0, 0.05) is 15.8 Å². The lowest BCUT2D eigenvalue weighted by Crippen LogP contribution is -2.37. The number of carbonyl (C=O) groups is 1. The molecule has 0 unspecified atom stereocenters. The first kappa shape index (κ1) is 28.0. The number of anilines is 2. The average Bonchev–Trinajstić information content (AvgIpc) is 2.83. The molecule has 4 aromatic carbocycles. The van der Waals surface area contributed by atoms with E-state index in [-0.39, 0.29) is 16.6 Å². The predicted octanol–water partition coefficient (Wildman–Crippen LogP) is 6.67. The highest BCUT2D eigenvalue weighted by Gasteiger charge is 2.15. The molecule has 4 aromatic rings. The van der Waals surface area contributed by atoms with E-state index in [1.54, 1.807) is 30.3 Å². The number of ether oxygens (including phenoxy) is 1. The first-order valence-corrected chi connectivity index (χ1v) is 14.8. The number of nitrogens with one attached hydrogen (secondary N) is 3. The molecule has 196 valence electrons. The number of sulfonamides is 1. The van der Waals surface area contributed by atoms with Crippen LogP contribution in [0.5, 0.6) is 5.75 Å². The predicted molar refractivity (Wildman–Crippen MR) is 162 cm³/mol. The fraction of sp³-hybridized carbons (Fsp3) is 0.111. The molecule has 0 aliphatic rings. The van der Waals surface area contributed by atoms with Crippen molar-refractivity contribution in [3.63, 3.8) is 0 Å². The van der Waals surface area contributed by atoms with Gasteiger partial charge < -0.3 is 10.1 Å². The van der Waals surface area contributed by atoms with E-state index in [1.165, 1.54) is 12.1 Å². The first-order valence-electron chi connectivity index (χ1n) is 11.3. The lowest BCUT2D eigenvalue weighted by atomic mass is 10.1. The van der Waals surface area contributed by atoms with Gasteiger partial charge in [-0.05, 0) is 118 Å². The number of rotatable bonds is 7. The Balaban J connectivity index is 1.32. The summed E-state index contributed by atoms with van der Waals surface area (Å²) >= 11 is 12.2. The molecule has 3 N–H and O–H groups in total. The van der Waals surface area contributed by atoms with Crippen LogP contribution in [0, 0.1) is 13.8 Å². The molecule has 0 atom stereocenters. The average molecular weight is 677 g/mol. The standard InChI is InChI=1S/C27H23Br2N3O4S2/c1-16-11-17(2)13-21(12-16)32-38(34,35)22-7-5-20(6-8-22)30-27(37)31-25(33)15-36-24-10-3-18-14-19(28)4-9-23(18)26(24)29/h3-14,32H,15H2,1-2H3,(H2,30,31,33,37). The van der Waals surface area contributed by atoms with Crippen molar-refractivity contribution in [1.29, 1.82) is 0 Å². The van der Waals surface area contributed by atoms with Gasteiger partial charge in [-0.15, -0.1) is 0 Å². The molecule has 0 bridgehead atoms. The number of fused-ring (bicyclic) bond motifs is 1. The molecule has 0 aliphatic heterocycles. The number of carbonyl (C=O) groups excluding carboxylic acids is 1. The van der Waals surface area contributed by atoms with Crippen LogP contribution in [0.2, 0.25) is 0 Å². The summed E-state index contributed by atoms with van der Waals surface area (Å²) in [6.45, 7) is 3.56. The van der Waals surface area contributed by atoms with E-state index in [0.29, 0.717) is 17.1 Å². The van der Waals surface area contributed by atoms with Gasteiger partial charge in [0.1, 0.15) is 5.75 Å². The SMILES string of the molecule is Cc1cc(C)cc(NS(=O)(=O)c2ccc(NC(=S)NC(=O)COc3ccc4cc(Br)ccc4c3Br)cc2)c1. The van der Waals surface area contributed by atoms with E-state index >= 15 is 0 Å². The minimum atomic E-state index is -3.77. The van der Waals surface area contributed by atoms with Crippen molar-refractivity contribution in [2.75, 3.05) is 16.6 Å². The van der Waals surface area contributed by atoms with Crippen LogP contribution < -0.4 is 20.1 Å². The zero-order chi connectivity index (χ0) is 27.4. The number of benzene rings is 4. The van der Waals surface area contributed by atoms with Crippen LogP contribution >= 0.6 is 44.1 Å². The Morgan fingerprint density at radius 2 is 1.58 bits per heavy atom. The maximum atomic E-state index is 12.8. The fourth-order valence-electron chi connectivity index (χ4n) is 3.79. The van der Waals surface area contributed by atoms with Crippen molar-refractivity contribution < 1.29 is 17.9 Å². The molecular weight excluding hydrogens is 654 g/mol. The normalized spacial score (nSPS) is 11.2. The van der Waals surface area contributed by atoms with Crippen molar-refractivity contribution in [2.24, 2.45) is 0 Å². The summed E-state index contributed by atoms with van der Waals surface area (Å²) in [4.78, 5) is 12.5. The van der Waals surface area contributed by atoms with Gasteiger partial charge in [0.2, 0.25) is 0 Å². The van der Waals surface area contributed by atoms with Crippen molar-refractivity contribution in [3.8, 4) is 5.75 Å². The fourth-order valence-corrected chi connectivity index (χ4v) is 6.05. The monoisotopic (exact) mass is 675 g/mol. The van der Waals surface area contributed by atoms with Gasteiger partial charge in [0.15, 0.2) is 11.7 Å². The number of amides is 1. The molecule has 1 amide bonds. The maximum Gasteiger partial charge on any atom is 0.264 e. The summed E-state index contributed by atoms with van der Waals surface area (Å²) < 4.78 is 35.5. The van der Waals surface area contributed by atoms with Crippen LogP contribution in [0.25, 0.3) is 10.8 Å². The topological polar surface area (TPSA) is 96.5 Å². The van der Waals surface area contributed by atoms with Crippen molar-refractivity contribution in [3.05, 3.63) is 92.9 Å². The lowest BCUT2D eigenvalue weighted by molar-refractivity contribution is -0.121. The van der Waals surface area contributed by atoms with Gasteiger partial charge >= 0.3 is 0 Å². The third-order valence-electron chi connectivity index (χ3n) is 5.39. The van der Waals surface area contributed by atoms with Gasteiger partial charge in [0.25, 0.3) is 15.9 Å². The molecule has 0 aromatic heterocycles. The van der Waals surface area contributed by atoms with Crippen molar-refractivity contribution in [2.45, 2.75) is 18.7 Å². The second-order valence-electron chi connectivity index (χ2n) is 8.54. The molecule has 0 fully saturated rings. The molecule has 0 saturated heterocycles. The van der Waals surface area contributed by atoms with E-state index in [4.69, 9.17) is 17.0 Å². The quantitative estimate of drug-likeness (QED) is 0.189. The molecule has 0 heterocycles. The van der Waals surface area contributed by atoms with Gasteiger partial charge in [-0.2, -0.15) is 0 Å². The number of hydrogen-bond acceptors (Lipinski definition) is 5. The molecule has 4 rings (SSSR count). The van der Waals surface area contributed by atoms with Crippen LogP contribution in [0.3, 0.4) is 0 Å². The zero-order valence-electron chi connectivity index (χ0n) is 20.3. The minimum absolute atomic E-state index is 0.0602. The number of hydrogen-bond donors (Lipinski definition) is 3. The highest BCUT2D eigenvalue weighted by molar-refractivity contribution is 9.11. The largest absolute Gasteiger partial charge is 0.483 e. The highest BCUT2D eigenvalue weighted by Crippen LogP contribution is 2.34. The number of thiocarbonyl (C=S) groups is 1. The Morgan fingerprint density at radius 3 is 2.26 bits per heavy atom. The van der Waals surface area contributed by atoms with E-state index in [9.17, 15) is 13.2 Å². The molecule has 0 radical (unpaired) electrons. The summed E-state index contributed by atoms with van der Waals surface area (Å²) in [5.74, 6) is 0.0854. The van der Waals surface area contributed by atoms with Crippen LogP contribution in [0.4, 0.5) is 11.4 Å². The Morgan fingerprint density at radius 1 is 0.895 bits per heavy atom. The van der Waals surface area contributed by atoms with E-state index in [0.717, 1.165) is 30.8 Å².